The highest BCUT2D eigenvalue weighted by atomic mass is 19.1. The molecule has 0 aliphatic carbocycles. The highest BCUT2D eigenvalue weighted by Crippen LogP contribution is 2.17. The molecule has 11 nitrogen and oxygen atoms in total. The van der Waals surface area contributed by atoms with Gasteiger partial charge in [-0.15, -0.1) is 0 Å². The summed E-state index contributed by atoms with van der Waals surface area (Å²) >= 11 is 0. The molecular formula is C41H49FO11. The number of ether oxygens (including phenoxy) is 7. The van der Waals surface area contributed by atoms with Crippen LogP contribution in [-0.2, 0) is 33.3 Å². The van der Waals surface area contributed by atoms with Crippen LogP contribution in [0, 0.1) is 17.7 Å². The van der Waals surface area contributed by atoms with Gasteiger partial charge in [-0.2, -0.15) is 0 Å². The van der Waals surface area contributed by atoms with Crippen molar-refractivity contribution in [3.8, 4) is 29.1 Å². The van der Waals surface area contributed by atoms with Crippen molar-refractivity contribution in [2.24, 2.45) is 0 Å². The van der Waals surface area contributed by atoms with Gasteiger partial charge in [-0.3, -0.25) is 9.59 Å². The maximum absolute atomic E-state index is 13.5. The monoisotopic (exact) mass is 736 g/mol. The van der Waals surface area contributed by atoms with Gasteiger partial charge in [0.05, 0.1) is 34.0 Å². The molecule has 1 unspecified atom stereocenters. The molecule has 53 heavy (non-hydrogen) atoms. The van der Waals surface area contributed by atoms with Crippen molar-refractivity contribution in [2.45, 2.75) is 25.4 Å². The smallest absolute Gasteiger partial charge is 0.330 e. The fourth-order valence-electron chi connectivity index (χ4n) is 3.50. The number of halogens is 1. The Hall–Kier alpha value is -5.61. The summed E-state index contributed by atoms with van der Waals surface area (Å²) in [7, 11) is 6.22. The van der Waals surface area contributed by atoms with Crippen LogP contribution in [0.25, 0.3) is 0 Å². The van der Waals surface area contributed by atoms with Crippen molar-refractivity contribution >= 4 is 24.8 Å². The van der Waals surface area contributed by atoms with Gasteiger partial charge < -0.3 is 38.0 Å². The number of rotatable bonds is 19. The maximum Gasteiger partial charge on any atom is 0.330 e. The number of hydrogen-bond donors (Lipinski definition) is 0. The van der Waals surface area contributed by atoms with E-state index in [-0.39, 0.29) is 11.9 Å². The van der Waals surface area contributed by atoms with E-state index in [4.69, 9.17) is 33.2 Å². The highest BCUT2D eigenvalue weighted by molar-refractivity contribution is 5.81. The molecule has 0 heterocycles. The van der Waals surface area contributed by atoms with E-state index in [1.54, 1.807) is 57.7 Å². The van der Waals surface area contributed by atoms with Crippen molar-refractivity contribution in [2.75, 3.05) is 61.5 Å². The largest absolute Gasteiger partial charge is 0.497 e. The van der Waals surface area contributed by atoms with Crippen LogP contribution in [0.2, 0.25) is 0 Å². The molecule has 0 aliphatic rings. The van der Waals surface area contributed by atoms with Gasteiger partial charge in [-0.1, -0.05) is 25.0 Å². The first kappa shape index (κ1) is 47.4. The predicted octanol–water partition coefficient (Wildman–Crippen LogP) is 6.25. The Morgan fingerprint density at radius 1 is 0.792 bits per heavy atom. The van der Waals surface area contributed by atoms with E-state index in [0.717, 1.165) is 42.8 Å². The SMILES string of the molecule is C=CC(=O)OCCCCOCC(COc1ccc(C=O)cc1)OC.C=CC=O.COCCC=O.COc1ccc(C#Cc2ccc(OC)c(F)c2)cc1. The Morgan fingerprint density at radius 3 is 1.92 bits per heavy atom. The number of carbonyl (C=O) groups excluding carboxylic acids is 4. The Morgan fingerprint density at radius 2 is 1.42 bits per heavy atom. The third-order valence-electron chi connectivity index (χ3n) is 6.31. The van der Waals surface area contributed by atoms with Gasteiger partial charge in [-0.25, -0.2) is 9.18 Å². The van der Waals surface area contributed by atoms with Gasteiger partial charge >= 0.3 is 5.97 Å². The van der Waals surface area contributed by atoms with Crippen LogP contribution in [0.3, 0.4) is 0 Å². The van der Waals surface area contributed by atoms with Gasteiger partial charge in [0.15, 0.2) is 11.6 Å². The second kappa shape index (κ2) is 32.3. The van der Waals surface area contributed by atoms with Crippen LogP contribution >= 0.6 is 0 Å². The van der Waals surface area contributed by atoms with E-state index in [1.807, 2.05) is 24.3 Å². The van der Waals surface area contributed by atoms with E-state index in [9.17, 15) is 18.8 Å². The second-order valence-corrected chi connectivity index (χ2v) is 10.2. The van der Waals surface area contributed by atoms with Crippen LogP contribution in [0.5, 0.6) is 17.2 Å². The molecule has 3 aromatic carbocycles. The zero-order chi connectivity index (χ0) is 39.5. The number of allylic oxidation sites excluding steroid dienone is 1. The fraction of sp³-hybridized carbons (Fsp3) is 0.317. The van der Waals surface area contributed by atoms with E-state index >= 15 is 0 Å². The van der Waals surface area contributed by atoms with Crippen molar-refractivity contribution in [1.82, 2.24) is 0 Å². The van der Waals surface area contributed by atoms with Crippen LogP contribution < -0.4 is 14.2 Å². The summed E-state index contributed by atoms with van der Waals surface area (Å²) in [4.78, 5) is 40.0. The van der Waals surface area contributed by atoms with Crippen molar-refractivity contribution < 1.29 is 56.7 Å². The molecule has 3 rings (SSSR count). The lowest BCUT2D eigenvalue weighted by Gasteiger charge is -2.16. The van der Waals surface area contributed by atoms with Gasteiger partial charge in [0.25, 0.3) is 0 Å². The summed E-state index contributed by atoms with van der Waals surface area (Å²) < 4.78 is 49.2. The van der Waals surface area contributed by atoms with Crippen molar-refractivity contribution in [3.05, 3.63) is 115 Å². The van der Waals surface area contributed by atoms with E-state index < -0.39 is 11.8 Å². The van der Waals surface area contributed by atoms with Crippen LogP contribution in [-0.4, -0.2) is 92.4 Å². The van der Waals surface area contributed by atoms with E-state index in [2.05, 4.69) is 29.7 Å². The Bertz CT molecular complexity index is 1520. The molecule has 0 aliphatic heterocycles. The summed E-state index contributed by atoms with van der Waals surface area (Å²) in [5.74, 6) is 6.72. The molecule has 0 fully saturated rings. The average molecular weight is 737 g/mol. The molecule has 286 valence electrons. The van der Waals surface area contributed by atoms with Crippen LogP contribution in [0.4, 0.5) is 4.39 Å². The standard InChI is InChI=1S/C18H24O6.C16H13FO2.C4H8O2.C3H4O/c1-3-18(20)23-11-5-4-10-22-13-17(21-2)14-24-16-8-6-15(12-19)7-9-16;1-18-14-8-5-12(6-9-14)3-4-13-7-10-16(19-2)15(17)11-13;1-6-4-2-3-5;1-2-3-4/h3,6-9,12,17H,1,4-5,10-11,13-14H2,2H3;5-11H,1-2H3;3H,2,4H2,1H3;2-3H,1H2. The molecule has 12 heteroatoms. The molecule has 0 amide bonds. The quantitative estimate of drug-likeness (QED) is 0.0455. The number of methoxy groups -OCH3 is 4. The minimum Gasteiger partial charge on any atom is -0.497 e. The van der Waals surface area contributed by atoms with Gasteiger partial charge in [0.2, 0.25) is 0 Å². The number of hydrogen-bond acceptors (Lipinski definition) is 11. The number of unbranched alkanes of at least 4 members (excludes halogenated alkanes) is 1. The number of benzene rings is 3. The summed E-state index contributed by atoms with van der Waals surface area (Å²) in [6, 6.07) is 18.9. The Balaban J connectivity index is 0.000000823. The normalized spacial score (nSPS) is 9.91. The minimum absolute atomic E-state index is 0.186. The van der Waals surface area contributed by atoms with Gasteiger partial charge in [-0.05, 0) is 85.6 Å². The summed E-state index contributed by atoms with van der Waals surface area (Å²) in [5.41, 5.74) is 2.05. The van der Waals surface area contributed by atoms with Crippen molar-refractivity contribution in [3.63, 3.8) is 0 Å². The third-order valence-corrected chi connectivity index (χ3v) is 6.31. The summed E-state index contributed by atoms with van der Waals surface area (Å²) in [6.07, 6.45) is 6.44. The van der Waals surface area contributed by atoms with Crippen molar-refractivity contribution in [1.29, 1.82) is 0 Å². The topological polar surface area (TPSA) is 133 Å². The van der Waals surface area contributed by atoms with E-state index in [0.29, 0.717) is 62.6 Å². The third kappa shape index (κ3) is 24.3. The maximum atomic E-state index is 13.5. The zero-order valence-electron chi connectivity index (χ0n) is 30.8. The first-order chi connectivity index (χ1) is 25.7. The molecule has 0 bridgehead atoms. The lowest BCUT2D eigenvalue weighted by Crippen LogP contribution is -2.26. The summed E-state index contributed by atoms with van der Waals surface area (Å²) in [6.45, 7) is 8.67. The van der Waals surface area contributed by atoms with Gasteiger partial charge in [0.1, 0.15) is 43.1 Å². The van der Waals surface area contributed by atoms with Gasteiger partial charge in [0, 0.05) is 50.0 Å². The number of aldehydes is 3. The molecule has 0 spiro atoms. The van der Waals surface area contributed by atoms with Crippen LogP contribution in [0.1, 0.15) is 40.7 Å². The fourth-order valence-corrected chi connectivity index (χ4v) is 3.50. The number of esters is 1. The average Bonchev–Trinajstić information content (AvgIpc) is 3.20. The molecule has 1 atom stereocenters. The molecule has 0 radical (unpaired) electrons. The lowest BCUT2D eigenvalue weighted by atomic mass is 10.1. The zero-order valence-corrected chi connectivity index (χ0v) is 30.8. The molecule has 0 N–H and O–H groups in total. The Kier molecular flexibility index (Phi) is 28.9. The first-order valence-corrected chi connectivity index (χ1v) is 16.3. The molecule has 0 saturated heterocycles. The molecular weight excluding hydrogens is 687 g/mol. The minimum atomic E-state index is -0.413. The molecule has 0 aromatic heterocycles. The number of carbonyl (C=O) groups is 4. The second-order valence-electron chi connectivity index (χ2n) is 10.2. The molecule has 0 saturated carbocycles. The molecule has 3 aromatic rings. The summed E-state index contributed by atoms with van der Waals surface area (Å²) in [5, 5.41) is 0. The highest BCUT2D eigenvalue weighted by Gasteiger charge is 2.09. The Labute approximate surface area is 311 Å². The predicted molar refractivity (Wildman–Crippen MR) is 200 cm³/mol. The van der Waals surface area contributed by atoms with E-state index in [1.165, 1.54) is 19.3 Å². The first-order valence-electron chi connectivity index (χ1n) is 16.3. The lowest BCUT2D eigenvalue weighted by molar-refractivity contribution is -0.138. The van der Waals surface area contributed by atoms with Crippen LogP contribution in [0.15, 0.2) is 92.0 Å².